The number of nitrogens with one attached hydrogen (secondary N) is 1. The van der Waals surface area contributed by atoms with Crippen molar-refractivity contribution in [2.45, 2.75) is 39.7 Å². The highest BCUT2D eigenvalue weighted by molar-refractivity contribution is 5.82. The SMILES string of the molecule is CC(C)CCCN1CCNC(C)C1=O. The van der Waals surface area contributed by atoms with Crippen molar-refractivity contribution >= 4 is 5.91 Å². The average Bonchev–Trinajstić information content (AvgIpc) is 2.12. The number of hydrogen-bond donors (Lipinski definition) is 1. The van der Waals surface area contributed by atoms with Gasteiger partial charge in [0.25, 0.3) is 0 Å². The van der Waals surface area contributed by atoms with E-state index >= 15 is 0 Å². The van der Waals surface area contributed by atoms with Crippen molar-refractivity contribution in [1.82, 2.24) is 10.2 Å². The molecular formula is C11H22N2O. The molecule has 0 radical (unpaired) electrons. The summed E-state index contributed by atoms with van der Waals surface area (Å²) in [7, 11) is 0. The summed E-state index contributed by atoms with van der Waals surface area (Å²) in [5.41, 5.74) is 0. The van der Waals surface area contributed by atoms with E-state index in [1.165, 1.54) is 6.42 Å². The summed E-state index contributed by atoms with van der Waals surface area (Å²) in [5.74, 6) is 1.01. The van der Waals surface area contributed by atoms with Crippen molar-refractivity contribution in [3.8, 4) is 0 Å². The van der Waals surface area contributed by atoms with Crippen LogP contribution in [0.25, 0.3) is 0 Å². The smallest absolute Gasteiger partial charge is 0.239 e. The largest absolute Gasteiger partial charge is 0.340 e. The fourth-order valence-corrected chi connectivity index (χ4v) is 1.80. The summed E-state index contributed by atoms with van der Waals surface area (Å²) < 4.78 is 0. The number of hydrogen-bond acceptors (Lipinski definition) is 2. The van der Waals surface area contributed by atoms with Crippen LogP contribution in [0.3, 0.4) is 0 Å². The van der Waals surface area contributed by atoms with E-state index in [4.69, 9.17) is 0 Å². The minimum absolute atomic E-state index is 0.0165. The number of amides is 1. The zero-order valence-corrected chi connectivity index (χ0v) is 9.55. The van der Waals surface area contributed by atoms with Crippen LogP contribution in [-0.4, -0.2) is 36.5 Å². The van der Waals surface area contributed by atoms with E-state index in [0.29, 0.717) is 0 Å². The first kappa shape index (κ1) is 11.5. The molecule has 1 unspecified atom stereocenters. The number of carbonyl (C=O) groups is 1. The van der Waals surface area contributed by atoms with Crippen LogP contribution in [0, 0.1) is 5.92 Å². The molecule has 1 saturated heterocycles. The molecule has 1 N–H and O–H groups in total. The van der Waals surface area contributed by atoms with Crippen molar-refractivity contribution in [3.05, 3.63) is 0 Å². The lowest BCUT2D eigenvalue weighted by Gasteiger charge is -2.31. The van der Waals surface area contributed by atoms with Gasteiger partial charge in [0.1, 0.15) is 0 Å². The Kier molecular flexibility index (Phi) is 4.39. The van der Waals surface area contributed by atoms with E-state index in [1.54, 1.807) is 0 Å². The van der Waals surface area contributed by atoms with Crippen LogP contribution >= 0.6 is 0 Å². The molecule has 3 nitrogen and oxygen atoms in total. The molecule has 14 heavy (non-hydrogen) atoms. The van der Waals surface area contributed by atoms with Crippen molar-refractivity contribution in [3.63, 3.8) is 0 Å². The lowest BCUT2D eigenvalue weighted by Crippen LogP contribution is -2.53. The number of piperazine rings is 1. The third kappa shape index (κ3) is 3.29. The maximum absolute atomic E-state index is 11.7. The molecule has 0 saturated carbocycles. The van der Waals surface area contributed by atoms with Gasteiger partial charge in [-0.3, -0.25) is 4.79 Å². The minimum Gasteiger partial charge on any atom is -0.340 e. The first-order valence-electron chi connectivity index (χ1n) is 5.63. The molecule has 1 atom stereocenters. The van der Waals surface area contributed by atoms with E-state index < -0.39 is 0 Å². The predicted molar refractivity (Wildman–Crippen MR) is 58.1 cm³/mol. The van der Waals surface area contributed by atoms with Gasteiger partial charge in [-0.15, -0.1) is 0 Å². The average molecular weight is 198 g/mol. The normalized spacial score (nSPS) is 23.3. The zero-order valence-electron chi connectivity index (χ0n) is 9.55. The molecule has 0 aromatic heterocycles. The summed E-state index contributed by atoms with van der Waals surface area (Å²) in [6.07, 6.45) is 2.35. The Hall–Kier alpha value is -0.570. The van der Waals surface area contributed by atoms with Gasteiger partial charge in [-0.05, 0) is 25.7 Å². The molecule has 1 fully saturated rings. The summed E-state index contributed by atoms with van der Waals surface area (Å²) in [6, 6.07) is 0.0165. The number of rotatable bonds is 4. The zero-order chi connectivity index (χ0) is 10.6. The first-order valence-corrected chi connectivity index (χ1v) is 5.63. The van der Waals surface area contributed by atoms with Gasteiger partial charge in [0.15, 0.2) is 0 Å². The maximum Gasteiger partial charge on any atom is 0.239 e. The third-order valence-electron chi connectivity index (χ3n) is 2.72. The van der Waals surface area contributed by atoms with Gasteiger partial charge < -0.3 is 10.2 Å². The van der Waals surface area contributed by atoms with E-state index in [2.05, 4.69) is 19.2 Å². The van der Waals surface area contributed by atoms with Crippen molar-refractivity contribution in [1.29, 1.82) is 0 Å². The monoisotopic (exact) mass is 198 g/mol. The van der Waals surface area contributed by atoms with Crippen LogP contribution in [0.15, 0.2) is 0 Å². The molecule has 1 amide bonds. The van der Waals surface area contributed by atoms with E-state index in [0.717, 1.165) is 32.0 Å². The quantitative estimate of drug-likeness (QED) is 0.737. The Balaban J connectivity index is 2.25. The molecule has 0 bridgehead atoms. The van der Waals surface area contributed by atoms with Crippen LogP contribution in [0.1, 0.15) is 33.6 Å². The molecule has 0 aliphatic carbocycles. The van der Waals surface area contributed by atoms with Crippen molar-refractivity contribution in [2.24, 2.45) is 5.92 Å². The third-order valence-corrected chi connectivity index (χ3v) is 2.72. The lowest BCUT2D eigenvalue weighted by atomic mass is 10.1. The van der Waals surface area contributed by atoms with Crippen LogP contribution in [0.5, 0.6) is 0 Å². The van der Waals surface area contributed by atoms with Crippen LogP contribution < -0.4 is 5.32 Å². The van der Waals surface area contributed by atoms with Crippen LogP contribution in [0.4, 0.5) is 0 Å². The second-order valence-corrected chi connectivity index (χ2v) is 4.54. The molecule has 1 heterocycles. The highest BCUT2D eigenvalue weighted by Gasteiger charge is 2.23. The van der Waals surface area contributed by atoms with Crippen molar-refractivity contribution < 1.29 is 4.79 Å². The fraction of sp³-hybridized carbons (Fsp3) is 0.909. The standard InChI is InChI=1S/C11H22N2O/c1-9(2)5-4-7-13-8-6-12-10(3)11(13)14/h9-10,12H,4-8H2,1-3H3. The maximum atomic E-state index is 11.7. The predicted octanol–water partition coefficient (Wildman–Crippen LogP) is 1.24. The molecule has 0 aromatic carbocycles. The Morgan fingerprint density at radius 1 is 1.57 bits per heavy atom. The summed E-state index contributed by atoms with van der Waals surface area (Å²) in [5, 5.41) is 3.17. The number of carbonyl (C=O) groups excluding carboxylic acids is 1. The highest BCUT2D eigenvalue weighted by Crippen LogP contribution is 2.07. The topological polar surface area (TPSA) is 32.3 Å². The highest BCUT2D eigenvalue weighted by atomic mass is 16.2. The van der Waals surface area contributed by atoms with Crippen molar-refractivity contribution in [2.75, 3.05) is 19.6 Å². The van der Waals surface area contributed by atoms with Gasteiger partial charge in [0.2, 0.25) is 5.91 Å². The van der Waals surface area contributed by atoms with Crippen LogP contribution in [0.2, 0.25) is 0 Å². The van der Waals surface area contributed by atoms with Crippen LogP contribution in [-0.2, 0) is 4.79 Å². The fourth-order valence-electron chi connectivity index (χ4n) is 1.80. The Morgan fingerprint density at radius 2 is 2.29 bits per heavy atom. The van der Waals surface area contributed by atoms with E-state index in [-0.39, 0.29) is 11.9 Å². The summed E-state index contributed by atoms with van der Waals surface area (Å²) in [6.45, 7) is 9.14. The van der Waals surface area contributed by atoms with Gasteiger partial charge in [0, 0.05) is 19.6 Å². The van der Waals surface area contributed by atoms with E-state index in [1.807, 2.05) is 11.8 Å². The van der Waals surface area contributed by atoms with E-state index in [9.17, 15) is 4.79 Å². The molecule has 82 valence electrons. The minimum atomic E-state index is 0.0165. The Morgan fingerprint density at radius 3 is 2.93 bits per heavy atom. The number of nitrogens with zero attached hydrogens (tertiary/aromatic N) is 1. The Bertz CT molecular complexity index is 192. The molecule has 1 rings (SSSR count). The second kappa shape index (κ2) is 5.35. The molecule has 3 heteroatoms. The molecule has 0 aromatic rings. The van der Waals surface area contributed by atoms with Gasteiger partial charge in [0.05, 0.1) is 6.04 Å². The van der Waals surface area contributed by atoms with Gasteiger partial charge in [-0.1, -0.05) is 13.8 Å². The first-order chi connectivity index (χ1) is 6.61. The molecule has 0 spiro atoms. The lowest BCUT2D eigenvalue weighted by molar-refractivity contribution is -0.135. The van der Waals surface area contributed by atoms with Gasteiger partial charge in [-0.2, -0.15) is 0 Å². The molecular weight excluding hydrogens is 176 g/mol. The molecule has 1 aliphatic rings. The van der Waals surface area contributed by atoms with Gasteiger partial charge >= 0.3 is 0 Å². The Labute approximate surface area is 86.9 Å². The molecule has 1 aliphatic heterocycles. The van der Waals surface area contributed by atoms with Gasteiger partial charge in [-0.25, -0.2) is 0 Å². The summed E-state index contributed by atoms with van der Waals surface area (Å²) in [4.78, 5) is 13.7. The summed E-state index contributed by atoms with van der Waals surface area (Å²) >= 11 is 0. The second-order valence-electron chi connectivity index (χ2n) is 4.54.